The lowest BCUT2D eigenvalue weighted by Gasteiger charge is -2.26. The van der Waals surface area contributed by atoms with Gasteiger partial charge in [0.1, 0.15) is 0 Å². The molecule has 1 aliphatic rings. The van der Waals surface area contributed by atoms with E-state index in [1.165, 1.54) is 23.8 Å². The Morgan fingerprint density at radius 1 is 1.40 bits per heavy atom. The molecular formula is C14H15ClN2O3. The van der Waals surface area contributed by atoms with Crippen LogP contribution < -0.4 is 5.32 Å². The third-order valence-electron chi connectivity index (χ3n) is 3.18. The number of urea groups is 1. The third kappa shape index (κ3) is 3.30. The Morgan fingerprint density at radius 3 is 2.75 bits per heavy atom. The number of aromatic carboxylic acids is 1. The summed E-state index contributed by atoms with van der Waals surface area (Å²) < 4.78 is 0. The van der Waals surface area contributed by atoms with Gasteiger partial charge < -0.3 is 15.3 Å². The summed E-state index contributed by atoms with van der Waals surface area (Å²) in [7, 11) is 0. The molecule has 2 rings (SSSR count). The average molecular weight is 295 g/mol. The van der Waals surface area contributed by atoms with Crippen LogP contribution in [0.3, 0.4) is 0 Å². The molecule has 0 unspecified atom stereocenters. The number of carbonyl (C=O) groups excluding carboxylic acids is 1. The number of carbonyl (C=O) groups is 2. The second kappa shape index (κ2) is 5.96. The van der Waals surface area contributed by atoms with Gasteiger partial charge in [0.25, 0.3) is 0 Å². The van der Waals surface area contributed by atoms with Gasteiger partial charge >= 0.3 is 12.0 Å². The number of nitrogens with zero attached hydrogens (tertiary/aromatic N) is 1. The van der Waals surface area contributed by atoms with Crippen molar-refractivity contribution in [1.82, 2.24) is 4.90 Å². The molecule has 0 saturated heterocycles. The highest BCUT2D eigenvalue weighted by molar-refractivity contribution is 6.31. The molecule has 106 valence electrons. The predicted octanol–water partition coefficient (Wildman–Crippen LogP) is 3.22. The van der Waals surface area contributed by atoms with Crippen molar-refractivity contribution in [2.75, 3.05) is 18.4 Å². The molecule has 0 aliphatic carbocycles. The fourth-order valence-electron chi connectivity index (χ4n) is 1.96. The highest BCUT2D eigenvalue weighted by Crippen LogP contribution is 2.22. The number of anilines is 1. The van der Waals surface area contributed by atoms with Crippen molar-refractivity contribution in [3.8, 4) is 0 Å². The molecule has 6 heteroatoms. The molecule has 0 radical (unpaired) electrons. The van der Waals surface area contributed by atoms with Gasteiger partial charge in [0.05, 0.1) is 11.3 Å². The topological polar surface area (TPSA) is 69.6 Å². The maximum Gasteiger partial charge on any atom is 0.337 e. The molecule has 20 heavy (non-hydrogen) atoms. The monoisotopic (exact) mass is 294 g/mol. The van der Waals surface area contributed by atoms with Crippen molar-refractivity contribution < 1.29 is 14.7 Å². The summed E-state index contributed by atoms with van der Waals surface area (Å²) in [6.45, 7) is 3.17. The molecule has 1 heterocycles. The molecule has 0 saturated carbocycles. The lowest BCUT2D eigenvalue weighted by atomic mass is 10.1. The quantitative estimate of drug-likeness (QED) is 0.823. The number of nitrogens with one attached hydrogen (secondary N) is 1. The summed E-state index contributed by atoms with van der Waals surface area (Å²) in [6, 6.07) is 3.97. The molecule has 1 aromatic rings. The molecule has 1 aromatic carbocycles. The van der Waals surface area contributed by atoms with Gasteiger partial charge in [-0.25, -0.2) is 9.59 Å². The average Bonchev–Trinajstić information content (AvgIpc) is 2.39. The van der Waals surface area contributed by atoms with Crippen molar-refractivity contribution in [1.29, 1.82) is 0 Å². The van der Waals surface area contributed by atoms with E-state index in [4.69, 9.17) is 16.7 Å². The fourth-order valence-corrected chi connectivity index (χ4v) is 2.13. The second-order valence-corrected chi connectivity index (χ2v) is 5.11. The first-order valence-electron chi connectivity index (χ1n) is 6.22. The molecule has 2 N–H and O–H groups in total. The first-order valence-corrected chi connectivity index (χ1v) is 6.59. The summed E-state index contributed by atoms with van der Waals surface area (Å²) in [6.07, 6.45) is 2.81. The van der Waals surface area contributed by atoms with E-state index in [2.05, 4.69) is 5.32 Å². The number of benzene rings is 1. The van der Waals surface area contributed by atoms with E-state index in [0.717, 1.165) is 6.42 Å². The van der Waals surface area contributed by atoms with Crippen molar-refractivity contribution in [3.63, 3.8) is 0 Å². The zero-order valence-corrected chi connectivity index (χ0v) is 11.8. The van der Waals surface area contributed by atoms with Gasteiger partial charge in [0, 0.05) is 18.1 Å². The molecule has 0 atom stereocenters. The number of hydrogen-bond donors (Lipinski definition) is 2. The van der Waals surface area contributed by atoms with Crippen LogP contribution in [0.15, 0.2) is 29.8 Å². The summed E-state index contributed by atoms with van der Waals surface area (Å²) in [5.41, 5.74) is 1.48. The van der Waals surface area contributed by atoms with E-state index >= 15 is 0 Å². The summed E-state index contributed by atoms with van der Waals surface area (Å²) in [5.74, 6) is -1.11. The zero-order valence-electron chi connectivity index (χ0n) is 11.0. The van der Waals surface area contributed by atoms with Gasteiger partial charge in [-0.05, 0) is 31.5 Å². The first kappa shape index (κ1) is 14.4. The van der Waals surface area contributed by atoms with Crippen LogP contribution in [0, 0.1) is 0 Å². The van der Waals surface area contributed by atoms with E-state index in [1.54, 1.807) is 4.90 Å². The fraction of sp³-hybridized carbons (Fsp3) is 0.286. The Balaban J connectivity index is 2.15. The van der Waals surface area contributed by atoms with Crippen LogP contribution in [0.2, 0.25) is 5.02 Å². The molecule has 0 fully saturated rings. The van der Waals surface area contributed by atoms with E-state index in [9.17, 15) is 9.59 Å². The Kier molecular flexibility index (Phi) is 4.29. The Hall–Kier alpha value is -2.01. The summed E-state index contributed by atoms with van der Waals surface area (Å²) in [4.78, 5) is 24.9. The minimum atomic E-state index is -1.11. The van der Waals surface area contributed by atoms with Gasteiger partial charge in [0.15, 0.2) is 0 Å². The van der Waals surface area contributed by atoms with Crippen LogP contribution in [0.4, 0.5) is 10.5 Å². The van der Waals surface area contributed by atoms with E-state index < -0.39 is 5.97 Å². The number of hydrogen-bond acceptors (Lipinski definition) is 2. The molecule has 0 bridgehead atoms. The maximum absolute atomic E-state index is 12.1. The van der Waals surface area contributed by atoms with Crippen LogP contribution >= 0.6 is 11.6 Å². The predicted molar refractivity (Wildman–Crippen MR) is 77.4 cm³/mol. The van der Waals surface area contributed by atoms with E-state index in [-0.39, 0.29) is 17.3 Å². The van der Waals surface area contributed by atoms with Gasteiger partial charge in [-0.1, -0.05) is 23.3 Å². The number of carboxylic acid groups (broad SMARTS) is 1. The smallest absolute Gasteiger partial charge is 0.337 e. The van der Waals surface area contributed by atoms with Crippen LogP contribution in [-0.2, 0) is 0 Å². The Bertz CT molecular complexity index is 584. The highest BCUT2D eigenvalue weighted by Gasteiger charge is 2.18. The van der Waals surface area contributed by atoms with E-state index in [1.807, 2.05) is 13.0 Å². The van der Waals surface area contributed by atoms with Crippen molar-refractivity contribution in [2.45, 2.75) is 13.3 Å². The number of halogens is 1. The molecular weight excluding hydrogens is 280 g/mol. The summed E-state index contributed by atoms with van der Waals surface area (Å²) in [5, 5.41) is 12.1. The van der Waals surface area contributed by atoms with Crippen molar-refractivity contribution >= 4 is 29.3 Å². The number of amides is 2. The number of carboxylic acids is 1. The Labute approximate surface area is 121 Å². The Morgan fingerprint density at radius 2 is 2.15 bits per heavy atom. The van der Waals surface area contributed by atoms with Crippen LogP contribution in [0.5, 0.6) is 0 Å². The SMILES string of the molecule is CC1=CCN(C(=O)Nc2cc(Cl)ccc2C(=O)O)CC1. The zero-order chi connectivity index (χ0) is 14.7. The summed E-state index contributed by atoms with van der Waals surface area (Å²) >= 11 is 5.84. The van der Waals surface area contributed by atoms with Crippen LogP contribution in [-0.4, -0.2) is 35.1 Å². The number of rotatable bonds is 2. The normalized spacial score (nSPS) is 14.7. The lowest BCUT2D eigenvalue weighted by molar-refractivity contribution is 0.0698. The van der Waals surface area contributed by atoms with Crippen LogP contribution in [0.1, 0.15) is 23.7 Å². The maximum atomic E-state index is 12.1. The molecule has 0 aromatic heterocycles. The molecule has 1 aliphatic heterocycles. The minimum absolute atomic E-state index is 0.0199. The van der Waals surface area contributed by atoms with Gasteiger partial charge in [-0.3, -0.25) is 0 Å². The van der Waals surface area contributed by atoms with Gasteiger partial charge in [-0.2, -0.15) is 0 Å². The van der Waals surface area contributed by atoms with Crippen molar-refractivity contribution in [3.05, 3.63) is 40.4 Å². The van der Waals surface area contributed by atoms with E-state index in [0.29, 0.717) is 18.1 Å². The highest BCUT2D eigenvalue weighted by atomic mass is 35.5. The van der Waals surface area contributed by atoms with Crippen molar-refractivity contribution in [2.24, 2.45) is 0 Å². The third-order valence-corrected chi connectivity index (χ3v) is 3.41. The largest absolute Gasteiger partial charge is 0.478 e. The standard InChI is InChI=1S/C14H15ClN2O3/c1-9-4-6-17(7-5-9)14(20)16-12-8-10(15)2-3-11(12)13(18)19/h2-4,8H,5-7H2,1H3,(H,16,20)(H,18,19). The lowest BCUT2D eigenvalue weighted by Crippen LogP contribution is -2.38. The minimum Gasteiger partial charge on any atom is -0.478 e. The molecule has 5 nitrogen and oxygen atoms in total. The van der Waals surface area contributed by atoms with Crippen LogP contribution in [0.25, 0.3) is 0 Å². The van der Waals surface area contributed by atoms with Gasteiger partial charge in [0.2, 0.25) is 0 Å². The first-order chi connectivity index (χ1) is 9.47. The molecule has 0 spiro atoms. The van der Waals surface area contributed by atoms with Gasteiger partial charge in [-0.15, -0.1) is 0 Å². The molecule has 2 amide bonds. The second-order valence-electron chi connectivity index (χ2n) is 4.67.